The zero-order chi connectivity index (χ0) is 14.7. The molecule has 0 bridgehead atoms. The smallest absolute Gasteiger partial charge is 0.168 e. The molecule has 102 valence electrons. The summed E-state index contributed by atoms with van der Waals surface area (Å²) in [7, 11) is 0. The van der Waals surface area contributed by atoms with Crippen LogP contribution in [0, 0.1) is 11.3 Å². The number of para-hydroxylation sites is 1. The van der Waals surface area contributed by atoms with Gasteiger partial charge < -0.3 is 5.73 Å². The van der Waals surface area contributed by atoms with E-state index >= 15 is 0 Å². The van der Waals surface area contributed by atoms with Crippen molar-refractivity contribution in [3.63, 3.8) is 0 Å². The Labute approximate surface area is 122 Å². The van der Waals surface area contributed by atoms with Gasteiger partial charge in [0.15, 0.2) is 11.6 Å². The molecular formula is C16H13N5. The normalized spacial score (nSPS) is 10.3. The molecule has 0 unspecified atom stereocenters. The summed E-state index contributed by atoms with van der Waals surface area (Å²) < 4.78 is 1.93. The van der Waals surface area contributed by atoms with Gasteiger partial charge in [-0.1, -0.05) is 18.2 Å². The van der Waals surface area contributed by atoms with Gasteiger partial charge in [-0.25, -0.2) is 0 Å². The molecule has 0 spiro atoms. The Bertz CT molecular complexity index is 782. The average Bonchev–Trinajstić information content (AvgIpc) is 2.99. The molecule has 0 radical (unpaired) electrons. The molecule has 3 rings (SSSR count). The van der Waals surface area contributed by atoms with Crippen molar-refractivity contribution in [2.45, 2.75) is 6.54 Å². The maximum Gasteiger partial charge on any atom is 0.168 e. The van der Waals surface area contributed by atoms with E-state index in [0.29, 0.717) is 23.8 Å². The van der Waals surface area contributed by atoms with Gasteiger partial charge in [0.2, 0.25) is 0 Å². The van der Waals surface area contributed by atoms with Crippen LogP contribution in [0.4, 0.5) is 0 Å². The largest absolute Gasteiger partial charge is 0.324 e. The van der Waals surface area contributed by atoms with E-state index in [1.165, 1.54) is 0 Å². The van der Waals surface area contributed by atoms with Gasteiger partial charge in [-0.2, -0.15) is 5.26 Å². The summed E-state index contributed by atoms with van der Waals surface area (Å²) in [6, 6.07) is 19.2. The first-order chi connectivity index (χ1) is 10.3. The minimum Gasteiger partial charge on any atom is -0.324 e. The molecular weight excluding hydrogens is 262 g/mol. The first-order valence-corrected chi connectivity index (χ1v) is 6.54. The molecule has 5 heteroatoms. The van der Waals surface area contributed by atoms with Crippen molar-refractivity contribution in [3.8, 4) is 23.1 Å². The molecule has 2 aromatic carbocycles. The second kappa shape index (κ2) is 5.57. The fourth-order valence-corrected chi connectivity index (χ4v) is 2.18. The Morgan fingerprint density at radius 3 is 2.33 bits per heavy atom. The number of nitriles is 1. The molecule has 0 saturated carbocycles. The number of hydrogen-bond donors (Lipinski definition) is 1. The third-order valence-corrected chi connectivity index (χ3v) is 3.20. The number of hydrogen-bond acceptors (Lipinski definition) is 4. The monoisotopic (exact) mass is 275 g/mol. The quantitative estimate of drug-likeness (QED) is 0.795. The van der Waals surface area contributed by atoms with Gasteiger partial charge in [-0.3, -0.25) is 4.57 Å². The summed E-state index contributed by atoms with van der Waals surface area (Å²) in [6.07, 6.45) is 0. The molecule has 21 heavy (non-hydrogen) atoms. The van der Waals surface area contributed by atoms with E-state index in [1.54, 1.807) is 12.1 Å². The lowest BCUT2D eigenvalue weighted by Crippen LogP contribution is -2.07. The minimum absolute atomic E-state index is 0.304. The van der Waals surface area contributed by atoms with Gasteiger partial charge in [-0.05, 0) is 36.4 Å². The number of aromatic nitrogens is 3. The molecule has 2 N–H and O–H groups in total. The van der Waals surface area contributed by atoms with Gasteiger partial charge in [0, 0.05) is 11.3 Å². The van der Waals surface area contributed by atoms with E-state index in [2.05, 4.69) is 16.3 Å². The summed E-state index contributed by atoms with van der Waals surface area (Å²) in [4.78, 5) is 0. The van der Waals surface area contributed by atoms with Crippen molar-refractivity contribution in [2.24, 2.45) is 5.73 Å². The zero-order valence-corrected chi connectivity index (χ0v) is 11.3. The van der Waals surface area contributed by atoms with Crippen LogP contribution in [0.2, 0.25) is 0 Å². The number of rotatable bonds is 3. The maximum absolute atomic E-state index is 8.87. The zero-order valence-electron chi connectivity index (χ0n) is 11.3. The van der Waals surface area contributed by atoms with Gasteiger partial charge in [-0.15, -0.1) is 10.2 Å². The standard InChI is InChI=1S/C16H13N5/c17-10-12-6-8-13(9-7-12)16-20-19-15(11-18)21(16)14-4-2-1-3-5-14/h1-9H,11,18H2. The van der Waals surface area contributed by atoms with Crippen LogP contribution in [0.15, 0.2) is 54.6 Å². The fraction of sp³-hybridized carbons (Fsp3) is 0.0625. The van der Waals surface area contributed by atoms with E-state index in [9.17, 15) is 0 Å². The average molecular weight is 275 g/mol. The van der Waals surface area contributed by atoms with Crippen molar-refractivity contribution in [3.05, 3.63) is 66.0 Å². The van der Waals surface area contributed by atoms with Crippen LogP contribution in [-0.2, 0) is 6.54 Å². The highest BCUT2D eigenvalue weighted by molar-refractivity contribution is 5.60. The fourth-order valence-electron chi connectivity index (χ4n) is 2.18. The van der Waals surface area contributed by atoms with Crippen molar-refractivity contribution >= 4 is 0 Å². The summed E-state index contributed by atoms with van der Waals surface area (Å²) >= 11 is 0. The SMILES string of the molecule is N#Cc1ccc(-c2nnc(CN)n2-c2ccccc2)cc1. The summed E-state index contributed by atoms with van der Waals surface area (Å²) in [5.41, 5.74) is 8.23. The Kier molecular flexibility index (Phi) is 3.46. The van der Waals surface area contributed by atoms with Crippen molar-refractivity contribution in [1.29, 1.82) is 5.26 Å². The highest BCUT2D eigenvalue weighted by atomic mass is 15.3. The maximum atomic E-state index is 8.87. The van der Waals surface area contributed by atoms with Crippen LogP contribution < -0.4 is 5.73 Å². The van der Waals surface area contributed by atoms with Crippen LogP contribution in [0.3, 0.4) is 0 Å². The molecule has 0 fully saturated rings. The molecule has 1 heterocycles. The van der Waals surface area contributed by atoms with E-state index in [-0.39, 0.29) is 0 Å². The predicted octanol–water partition coefficient (Wildman–Crippen LogP) is 2.26. The van der Waals surface area contributed by atoms with E-state index in [0.717, 1.165) is 11.3 Å². The topological polar surface area (TPSA) is 80.5 Å². The first-order valence-electron chi connectivity index (χ1n) is 6.54. The molecule has 3 aromatic rings. The highest BCUT2D eigenvalue weighted by Gasteiger charge is 2.14. The number of nitrogens with zero attached hydrogens (tertiary/aromatic N) is 4. The summed E-state index contributed by atoms with van der Waals surface area (Å²) in [5.74, 6) is 1.41. The molecule has 0 amide bonds. The van der Waals surface area contributed by atoms with E-state index < -0.39 is 0 Å². The minimum atomic E-state index is 0.304. The van der Waals surface area contributed by atoms with E-state index in [4.69, 9.17) is 11.0 Å². The van der Waals surface area contributed by atoms with Gasteiger partial charge in [0.05, 0.1) is 18.2 Å². The third-order valence-electron chi connectivity index (χ3n) is 3.20. The van der Waals surface area contributed by atoms with Crippen LogP contribution in [-0.4, -0.2) is 14.8 Å². The summed E-state index contributed by atoms with van der Waals surface area (Å²) in [5, 5.41) is 17.3. The second-order valence-electron chi connectivity index (χ2n) is 4.50. The molecule has 0 aliphatic heterocycles. The molecule has 0 aliphatic carbocycles. The van der Waals surface area contributed by atoms with Crippen molar-refractivity contribution < 1.29 is 0 Å². The van der Waals surface area contributed by atoms with Crippen LogP contribution in [0.25, 0.3) is 17.1 Å². The highest BCUT2D eigenvalue weighted by Crippen LogP contribution is 2.23. The number of benzene rings is 2. The second-order valence-corrected chi connectivity index (χ2v) is 4.50. The molecule has 1 aromatic heterocycles. The van der Waals surface area contributed by atoms with Gasteiger partial charge >= 0.3 is 0 Å². The van der Waals surface area contributed by atoms with Crippen molar-refractivity contribution in [2.75, 3.05) is 0 Å². The lowest BCUT2D eigenvalue weighted by atomic mass is 10.1. The molecule has 0 aliphatic rings. The van der Waals surface area contributed by atoms with Crippen LogP contribution >= 0.6 is 0 Å². The molecule has 0 saturated heterocycles. The van der Waals surface area contributed by atoms with Crippen LogP contribution in [0.1, 0.15) is 11.4 Å². The molecule has 0 atom stereocenters. The first kappa shape index (κ1) is 13.0. The lowest BCUT2D eigenvalue weighted by Gasteiger charge is -2.09. The van der Waals surface area contributed by atoms with E-state index in [1.807, 2.05) is 47.0 Å². The molecule has 5 nitrogen and oxygen atoms in total. The summed E-state index contributed by atoms with van der Waals surface area (Å²) in [6.45, 7) is 0.304. The van der Waals surface area contributed by atoms with Crippen molar-refractivity contribution in [1.82, 2.24) is 14.8 Å². The number of nitrogens with two attached hydrogens (primary N) is 1. The third kappa shape index (κ3) is 2.40. The van der Waals surface area contributed by atoms with Gasteiger partial charge in [0.1, 0.15) is 0 Å². The lowest BCUT2D eigenvalue weighted by molar-refractivity contribution is 0.861. The predicted molar refractivity (Wildman–Crippen MR) is 79.4 cm³/mol. The van der Waals surface area contributed by atoms with Gasteiger partial charge in [0.25, 0.3) is 0 Å². The van der Waals surface area contributed by atoms with Crippen LogP contribution in [0.5, 0.6) is 0 Å². The Morgan fingerprint density at radius 2 is 1.71 bits per heavy atom. The Balaban J connectivity index is 2.15. The Hall–Kier alpha value is -2.97. The Morgan fingerprint density at radius 1 is 1.00 bits per heavy atom.